The van der Waals surface area contributed by atoms with Crippen molar-refractivity contribution in [3.63, 3.8) is 0 Å². The third-order valence-electron chi connectivity index (χ3n) is 2.90. The van der Waals surface area contributed by atoms with E-state index in [0.717, 1.165) is 17.8 Å². The van der Waals surface area contributed by atoms with Crippen molar-refractivity contribution in [2.75, 3.05) is 5.32 Å². The van der Waals surface area contributed by atoms with Gasteiger partial charge in [0.15, 0.2) is 0 Å². The lowest BCUT2D eigenvalue weighted by molar-refractivity contribution is 1.14. The predicted octanol–water partition coefficient (Wildman–Crippen LogP) is 3.79. The smallest absolute Gasteiger partial charge is 0.101 e. The number of hydrogen-bond donors (Lipinski definition) is 1. The van der Waals surface area contributed by atoms with E-state index < -0.39 is 0 Å². The van der Waals surface area contributed by atoms with Gasteiger partial charge in [0.2, 0.25) is 0 Å². The summed E-state index contributed by atoms with van der Waals surface area (Å²) in [6.07, 6.45) is 0. The van der Waals surface area contributed by atoms with E-state index in [1.165, 1.54) is 11.1 Å². The zero-order valence-corrected chi connectivity index (χ0v) is 10.7. The number of benzene rings is 2. The van der Waals surface area contributed by atoms with Crippen LogP contribution in [0.4, 0.5) is 5.69 Å². The van der Waals surface area contributed by atoms with Gasteiger partial charge in [-0.2, -0.15) is 5.26 Å². The Kier molecular flexibility index (Phi) is 3.64. The van der Waals surface area contributed by atoms with Crippen LogP contribution in [-0.2, 0) is 6.54 Å². The first kappa shape index (κ1) is 12.2. The van der Waals surface area contributed by atoms with Gasteiger partial charge in [-0.1, -0.05) is 35.9 Å². The lowest BCUT2D eigenvalue weighted by atomic mass is 10.1. The highest BCUT2D eigenvalue weighted by Crippen LogP contribution is 2.17. The van der Waals surface area contributed by atoms with Crippen molar-refractivity contribution in [2.24, 2.45) is 0 Å². The van der Waals surface area contributed by atoms with Crippen LogP contribution in [0.25, 0.3) is 0 Å². The van der Waals surface area contributed by atoms with Crippen molar-refractivity contribution in [2.45, 2.75) is 20.4 Å². The second-order valence-corrected chi connectivity index (χ2v) is 4.50. The summed E-state index contributed by atoms with van der Waals surface area (Å²) in [4.78, 5) is 0. The average molecular weight is 236 g/mol. The van der Waals surface area contributed by atoms with Crippen molar-refractivity contribution >= 4 is 5.69 Å². The third-order valence-corrected chi connectivity index (χ3v) is 2.90. The molecule has 0 radical (unpaired) electrons. The molecule has 2 aromatic carbocycles. The monoisotopic (exact) mass is 236 g/mol. The molecule has 90 valence electrons. The van der Waals surface area contributed by atoms with Crippen LogP contribution in [0.3, 0.4) is 0 Å². The fourth-order valence-electron chi connectivity index (χ4n) is 1.81. The summed E-state index contributed by atoms with van der Waals surface area (Å²) in [5.74, 6) is 0. The van der Waals surface area contributed by atoms with Crippen LogP contribution in [0.5, 0.6) is 0 Å². The summed E-state index contributed by atoms with van der Waals surface area (Å²) in [6, 6.07) is 16.5. The fraction of sp³-hybridized carbons (Fsp3) is 0.188. The Balaban J connectivity index is 2.11. The molecule has 2 aromatic rings. The first-order valence-corrected chi connectivity index (χ1v) is 5.99. The molecule has 2 nitrogen and oxygen atoms in total. The van der Waals surface area contributed by atoms with Gasteiger partial charge in [-0.15, -0.1) is 0 Å². The van der Waals surface area contributed by atoms with E-state index in [1.54, 1.807) is 0 Å². The molecule has 0 bridgehead atoms. The molecule has 0 aliphatic carbocycles. The lowest BCUT2D eigenvalue weighted by Crippen LogP contribution is -2.01. The molecule has 0 spiro atoms. The highest BCUT2D eigenvalue weighted by Gasteiger charge is 2.01. The van der Waals surface area contributed by atoms with Crippen molar-refractivity contribution in [3.05, 3.63) is 64.7 Å². The third kappa shape index (κ3) is 2.89. The van der Waals surface area contributed by atoms with Crippen LogP contribution in [0, 0.1) is 25.2 Å². The average Bonchev–Trinajstić information content (AvgIpc) is 2.39. The lowest BCUT2D eigenvalue weighted by Gasteiger charge is -2.09. The van der Waals surface area contributed by atoms with Crippen molar-refractivity contribution in [3.8, 4) is 6.07 Å². The normalized spacial score (nSPS) is 9.83. The maximum atomic E-state index is 9.09. The number of rotatable bonds is 3. The molecule has 1 N–H and O–H groups in total. The number of hydrogen-bond acceptors (Lipinski definition) is 2. The number of anilines is 1. The van der Waals surface area contributed by atoms with Gasteiger partial charge >= 0.3 is 0 Å². The Labute approximate surface area is 108 Å². The Morgan fingerprint density at radius 1 is 1.00 bits per heavy atom. The first-order chi connectivity index (χ1) is 8.69. The quantitative estimate of drug-likeness (QED) is 0.880. The van der Waals surface area contributed by atoms with Gasteiger partial charge in [-0.3, -0.25) is 0 Å². The maximum Gasteiger partial charge on any atom is 0.101 e. The molecular weight excluding hydrogens is 220 g/mol. The van der Waals surface area contributed by atoms with Crippen LogP contribution in [0.1, 0.15) is 22.3 Å². The van der Waals surface area contributed by atoms with E-state index in [4.69, 9.17) is 5.26 Å². The van der Waals surface area contributed by atoms with Gasteiger partial charge in [-0.25, -0.2) is 0 Å². The molecule has 18 heavy (non-hydrogen) atoms. The van der Waals surface area contributed by atoms with Gasteiger partial charge in [-0.05, 0) is 37.1 Å². The van der Waals surface area contributed by atoms with E-state index >= 15 is 0 Å². The van der Waals surface area contributed by atoms with Crippen molar-refractivity contribution < 1.29 is 0 Å². The molecule has 2 rings (SSSR count). The second kappa shape index (κ2) is 5.37. The van der Waals surface area contributed by atoms with E-state index in [0.29, 0.717) is 5.56 Å². The highest BCUT2D eigenvalue weighted by atomic mass is 14.9. The summed E-state index contributed by atoms with van der Waals surface area (Å²) in [7, 11) is 0. The zero-order chi connectivity index (χ0) is 13.0. The van der Waals surface area contributed by atoms with Crippen LogP contribution in [-0.4, -0.2) is 0 Å². The molecule has 0 atom stereocenters. The maximum absolute atomic E-state index is 9.09. The molecule has 0 aromatic heterocycles. The Hall–Kier alpha value is -2.27. The minimum atomic E-state index is 0.696. The summed E-state index contributed by atoms with van der Waals surface area (Å²) in [6.45, 7) is 4.80. The molecule has 0 saturated heterocycles. The van der Waals surface area contributed by atoms with Gasteiger partial charge < -0.3 is 5.32 Å². The first-order valence-electron chi connectivity index (χ1n) is 5.99. The second-order valence-electron chi connectivity index (χ2n) is 4.50. The highest BCUT2D eigenvalue weighted by molar-refractivity contribution is 5.58. The van der Waals surface area contributed by atoms with E-state index in [1.807, 2.05) is 25.1 Å². The molecule has 2 heteroatoms. The van der Waals surface area contributed by atoms with Gasteiger partial charge in [0.25, 0.3) is 0 Å². The Bertz CT molecular complexity index is 577. The fourth-order valence-corrected chi connectivity index (χ4v) is 1.81. The van der Waals surface area contributed by atoms with Crippen molar-refractivity contribution in [1.29, 1.82) is 5.26 Å². The molecule has 0 heterocycles. The molecule has 0 saturated carbocycles. The molecule has 0 aliphatic heterocycles. The molecule has 0 fully saturated rings. The minimum absolute atomic E-state index is 0.696. The SMILES string of the molecule is Cc1ccc(CNc2ccc(C)cc2C#N)cc1. The molecular formula is C16H16N2. The molecule has 0 amide bonds. The van der Waals surface area contributed by atoms with Crippen LogP contribution in [0.2, 0.25) is 0 Å². The van der Waals surface area contributed by atoms with Gasteiger partial charge in [0.1, 0.15) is 6.07 Å². The van der Waals surface area contributed by atoms with E-state index in [9.17, 15) is 0 Å². The number of nitrogens with zero attached hydrogens (tertiary/aromatic N) is 1. The molecule has 0 unspecified atom stereocenters. The summed E-state index contributed by atoms with van der Waals surface area (Å²) >= 11 is 0. The summed E-state index contributed by atoms with van der Waals surface area (Å²) in [5, 5.41) is 12.4. The van der Waals surface area contributed by atoms with Crippen LogP contribution in [0.15, 0.2) is 42.5 Å². The Morgan fingerprint density at radius 2 is 1.67 bits per heavy atom. The van der Waals surface area contributed by atoms with Crippen LogP contribution >= 0.6 is 0 Å². The van der Waals surface area contributed by atoms with Crippen molar-refractivity contribution in [1.82, 2.24) is 0 Å². The number of nitriles is 1. The predicted molar refractivity (Wildman–Crippen MR) is 74.4 cm³/mol. The standard InChI is InChI=1S/C16H16N2/c1-12-3-6-14(7-4-12)11-18-16-8-5-13(2)9-15(16)10-17/h3-9,18H,11H2,1-2H3. The van der Waals surface area contributed by atoms with Crippen LogP contribution < -0.4 is 5.32 Å². The zero-order valence-electron chi connectivity index (χ0n) is 10.7. The largest absolute Gasteiger partial charge is 0.380 e. The van der Waals surface area contributed by atoms with E-state index in [-0.39, 0.29) is 0 Å². The van der Waals surface area contributed by atoms with Gasteiger partial charge in [0, 0.05) is 6.54 Å². The van der Waals surface area contributed by atoms with Gasteiger partial charge in [0.05, 0.1) is 11.3 Å². The topological polar surface area (TPSA) is 35.8 Å². The Morgan fingerprint density at radius 3 is 2.33 bits per heavy atom. The summed E-state index contributed by atoms with van der Waals surface area (Å²) < 4.78 is 0. The minimum Gasteiger partial charge on any atom is -0.380 e. The number of nitrogens with one attached hydrogen (secondary N) is 1. The number of aryl methyl sites for hydroxylation is 2. The molecule has 0 aliphatic rings. The summed E-state index contributed by atoms with van der Waals surface area (Å²) in [5.41, 5.74) is 5.16. The van der Waals surface area contributed by atoms with E-state index in [2.05, 4.69) is 42.6 Å².